The van der Waals surface area contributed by atoms with Crippen LogP contribution in [0.3, 0.4) is 0 Å². The van der Waals surface area contributed by atoms with Crippen LogP contribution in [0.5, 0.6) is 0 Å². The number of nitriles is 1. The fourth-order valence-corrected chi connectivity index (χ4v) is 1.62. The lowest BCUT2D eigenvalue weighted by atomic mass is 10.3. The van der Waals surface area contributed by atoms with E-state index in [9.17, 15) is 4.79 Å². The molecule has 5 heteroatoms. The van der Waals surface area contributed by atoms with E-state index in [1.54, 1.807) is 23.7 Å². The Bertz CT molecular complexity index is 615. The van der Waals surface area contributed by atoms with E-state index in [1.165, 1.54) is 4.57 Å². The molecule has 0 aliphatic carbocycles. The van der Waals surface area contributed by atoms with Crippen LogP contribution in [0, 0.1) is 11.3 Å². The summed E-state index contributed by atoms with van der Waals surface area (Å²) in [6.45, 7) is 2.43. The number of nitrogens with zero attached hydrogens (tertiary/aromatic N) is 4. The second-order valence-corrected chi connectivity index (χ2v) is 3.24. The van der Waals surface area contributed by atoms with E-state index < -0.39 is 0 Å². The lowest BCUT2D eigenvalue weighted by molar-refractivity contribution is 0.707. The van der Waals surface area contributed by atoms with Crippen LogP contribution >= 0.6 is 0 Å². The maximum atomic E-state index is 11.7. The Kier molecular flexibility index (Phi) is 2.05. The number of rotatable bonds is 1. The Morgan fingerprint density at radius 1 is 1.53 bits per heavy atom. The maximum Gasteiger partial charge on any atom is 0.330 e. The highest BCUT2D eigenvalue weighted by Crippen LogP contribution is 2.10. The predicted octanol–water partition coefficient (Wildman–Crippen LogP) is 0.627. The Morgan fingerprint density at radius 2 is 2.27 bits per heavy atom. The summed E-state index contributed by atoms with van der Waals surface area (Å²) < 4.78 is 3.09. The van der Waals surface area contributed by atoms with E-state index in [0.717, 1.165) is 5.52 Å². The van der Waals surface area contributed by atoms with Crippen molar-refractivity contribution in [2.24, 2.45) is 7.05 Å². The summed E-state index contributed by atoms with van der Waals surface area (Å²) in [6.07, 6.45) is 0. The number of pyridine rings is 1. The molecule has 0 N–H and O–H groups in total. The summed E-state index contributed by atoms with van der Waals surface area (Å²) in [5, 5.41) is 8.73. The normalized spacial score (nSPS) is 10.5. The van der Waals surface area contributed by atoms with Gasteiger partial charge in [0.05, 0.1) is 5.52 Å². The molecule has 0 saturated carbocycles. The van der Waals surface area contributed by atoms with E-state index in [1.807, 2.05) is 13.0 Å². The van der Waals surface area contributed by atoms with E-state index in [4.69, 9.17) is 5.26 Å². The zero-order valence-electron chi connectivity index (χ0n) is 8.56. The molecule has 0 unspecified atom stereocenters. The minimum atomic E-state index is -0.102. The lowest BCUT2D eigenvalue weighted by Gasteiger charge is -1.95. The van der Waals surface area contributed by atoms with Crippen LogP contribution < -0.4 is 5.69 Å². The van der Waals surface area contributed by atoms with Gasteiger partial charge in [-0.15, -0.1) is 0 Å². The van der Waals surface area contributed by atoms with Gasteiger partial charge in [-0.2, -0.15) is 5.26 Å². The van der Waals surface area contributed by atoms with Gasteiger partial charge in [0.2, 0.25) is 0 Å². The third kappa shape index (κ3) is 1.22. The highest BCUT2D eigenvalue weighted by Gasteiger charge is 2.10. The molecule has 2 aromatic rings. The summed E-state index contributed by atoms with van der Waals surface area (Å²) >= 11 is 0. The van der Waals surface area contributed by atoms with Crippen LogP contribution in [0.1, 0.15) is 12.6 Å². The van der Waals surface area contributed by atoms with Gasteiger partial charge >= 0.3 is 5.69 Å². The van der Waals surface area contributed by atoms with Crippen molar-refractivity contribution in [2.45, 2.75) is 13.5 Å². The molecule has 0 radical (unpaired) electrons. The molecule has 2 rings (SSSR count). The van der Waals surface area contributed by atoms with Crippen LogP contribution in [-0.2, 0) is 13.6 Å². The maximum absolute atomic E-state index is 11.7. The third-order valence-corrected chi connectivity index (χ3v) is 2.42. The first-order valence-corrected chi connectivity index (χ1v) is 4.65. The Balaban J connectivity index is 2.94. The van der Waals surface area contributed by atoms with Crippen molar-refractivity contribution in [3.63, 3.8) is 0 Å². The van der Waals surface area contributed by atoms with Crippen LogP contribution in [-0.4, -0.2) is 14.1 Å². The largest absolute Gasteiger partial charge is 0.330 e. The fourth-order valence-electron chi connectivity index (χ4n) is 1.62. The minimum absolute atomic E-state index is 0.102. The SMILES string of the molecule is CCn1c(=O)n(C)c2ccc(C#N)nc21. The first kappa shape index (κ1) is 9.46. The molecule has 15 heavy (non-hydrogen) atoms. The first-order chi connectivity index (χ1) is 7.19. The number of hydrogen-bond acceptors (Lipinski definition) is 3. The first-order valence-electron chi connectivity index (χ1n) is 4.65. The van der Waals surface area contributed by atoms with Gasteiger partial charge in [-0.3, -0.25) is 9.13 Å². The number of aromatic nitrogens is 3. The molecule has 0 amide bonds. The topological polar surface area (TPSA) is 63.6 Å². The summed E-state index contributed by atoms with van der Waals surface area (Å²) in [5.41, 5.74) is 1.55. The van der Waals surface area contributed by atoms with Crippen molar-refractivity contribution in [3.8, 4) is 6.07 Å². The molecule has 5 nitrogen and oxygen atoms in total. The monoisotopic (exact) mass is 202 g/mol. The Hall–Kier alpha value is -2.09. The molecule has 2 heterocycles. The van der Waals surface area contributed by atoms with Crippen molar-refractivity contribution in [1.29, 1.82) is 5.26 Å². The minimum Gasteiger partial charge on any atom is -0.293 e. The van der Waals surface area contributed by atoms with Gasteiger partial charge in [-0.1, -0.05) is 0 Å². The molecule has 0 saturated heterocycles. The molecule has 0 fully saturated rings. The molecule has 0 bridgehead atoms. The van der Waals surface area contributed by atoms with Crippen molar-refractivity contribution >= 4 is 11.2 Å². The van der Waals surface area contributed by atoms with Gasteiger partial charge in [0.1, 0.15) is 11.8 Å². The summed E-state index contributed by atoms with van der Waals surface area (Å²) in [4.78, 5) is 15.8. The van der Waals surface area contributed by atoms with E-state index >= 15 is 0 Å². The number of hydrogen-bond donors (Lipinski definition) is 0. The number of aryl methyl sites for hydroxylation is 2. The average molecular weight is 202 g/mol. The Morgan fingerprint density at radius 3 is 2.87 bits per heavy atom. The van der Waals surface area contributed by atoms with Gasteiger partial charge in [0.25, 0.3) is 0 Å². The summed E-state index contributed by atoms with van der Waals surface area (Å²) in [7, 11) is 1.70. The second kappa shape index (κ2) is 3.24. The van der Waals surface area contributed by atoms with Crippen LogP contribution in [0.15, 0.2) is 16.9 Å². The van der Waals surface area contributed by atoms with Crippen molar-refractivity contribution in [1.82, 2.24) is 14.1 Å². The molecule has 76 valence electrons. The third-order valence-electron chi connectivity index (χ3n) is 2.42. The second-order valence-electron chi connectivity index (χ2n) is 3.24. The van der Waals surface area contributed by atoms with Gasteiger partial charge < -0.3 is 0 Å². The van der Waals surface area contributed by atoms with Crippen molar-refractivity contribution < 1.29 is 0 Å². The summed E-state index contributed by atoms with van der Waals surface area (Å²) in [5.74, 6) is 0. The van der Waals surface area contributed by atoms with Crippen molar-refractivity contribution in [2.75, 3.05) is 0 Å². The molecule has 0 aromatic carbocycles. The summed E-state index contributed by atoms with van der Waals surface area (Å²) in [6, 6.07) is 5.32. The van der Waals surface area contributed by atoms with E-state index in [2.05, 4.69) is 4.98 Å². The van der Waals surface area contributed by atoms with Crippen LogP contribution in [0.4, 0.5) is 0 Å². The van der Waals surface area contributed by atoms with Crippen molar-refractivity contribution in [3.05, 3.63) is 28.3 Å². The number of imidazole rings is 1. The number of fused-ring (bicyclic) bond motifs is 1. The lowest BCUT2D eigenvalue weighted by Crippen LogP contribution is -2.21. The van der Waals surface area contributed by atoms with E-state index in [-0.39, 0.29) is 5.69 Å². The molecule has 0 aliphatic rings. The average Bonchev–Trinajstić information content (AvgIpc) is 2.51. The Labute approximate surface area is 86.2 Å². The predicted molar refractivity (Wildman–Crippen MR) is 55.4 cm³/mol. The molecular formula is C10H10N4O. The molecule has 0 spiro atoms. The van der Waals surface area contributed by atoms with E-state index in [0.29, 0.717) is 17.9 Å². The highest BCUT2D eigenvalue weighted by atomic mass is 16.1. The van der Waals surface area contributed by atoms with Gasteiger partial charge in [0.15, 0.2) is 5.65 Å². The van der Waals surface area contributed by atoms with Gasteiger partial charge in [-0.25, -0.2) is 9.78 Å². The smallest absolute Gasteiger partial charge is 0.293 e. The van der Waals surface area contributed by atoms with Gasteiger partial charge in [0, 0.05) is 13.6 Å². The quantitative estimate of drug-likeness (QED) is 0.681. The molecular weight excluding hydrogens is 192 g/mol. The highest BCUT2D eigenvalue weighted by molar-refractivity contribution is 5.72. The fraction of sp³-hybridized carbons (Fsp3) is 0.300. The van der Waals surface area contributed by atoms with Gasteiger partial charge in [-0.05, 0) is 19.1 Å². The molecule has 0 aliphatic heterocycles. The zero-order chi connectivity index (χ0) is 11.0. The van der Waals surface area contributed by atoms with Crippen LogP contribution in [0.25, 0.3) is 11.2 Å². The van der Waals surface area contributed by atoms with Crippen LogP contribution in [0.2, 0.25) is 0 Å². The molecule has 0 atom stereocenters. The standard InChI is InChI=1S/C10H10N4O/c1-3-14-9-8(13(2)10(14)15)5-4-7(6-11)12-9/h4-5H,3H2,1-2H3. The molecule has 2 aromatic heterocycles. The zero-order valence-corrected chi connectivity index (χ0v) is 8.56.